The van der Waals surface area contributed by atoms with Gasteiger partial charge in [-0.05, 0) is 12.5 Å². The first-order valence-electron chi connectivity index (χ1n) is 6.10. The third-order valence-electron chi connectivity index (χ3n) is 2.42. The normalized spacial score (nSPS) is 13.3. The number of carboxylic acids is 1. The van der Waals surface area contributed by atoms with Crippen LogP contribution in [-0.4, -0.2) is 41.1 Å². The number of aliphatic hydroxyl groups is 1. The van der Waals surface area contributed by atoms with E-state index in [1.165, 1.54) is 6.92 Å². The lowest BCUT2D eigenvalue weighted by Gasteiger charge is -2.16. The fraction of sp³-hybridized carbons (Fsp3) is 0.385. The van der Waals surface area contributed by atoms with E-state index in [1.54, 1.807) is 12.1 Å². The largest absolute Gasteiger partial charge is 0.480 e. The quantitative estimate of drug-likeness (QED) is 0.535. The van der Waals surface area contributed by atoms with Crippen LogP contribution in [0.4, 0.5) is 4.79 Å². The fourth-order valence-corrected chi connectivity index (χ4v) is 1.40. The van der Waals surface area contributed by atoms with Crippen molar-refractivity contribution in [1.82, 2.24) is 10.6 Å². The number of rotatable bonds is 7. The maximum Gasteiger partial charge on any atom is 0.408 e. The molecule has 0 radical (unpaired) electrons. The molecule has 1 amide bonds. The lowest BCUT2D eigenvalue weighted by Crippen LogP contribution is -2.48. The zero-order valence-corrected chi connectivity index (χ0v) is 11.1. The number of carbonyl (C=O) groups excluding carboxylic acids is 1. The number of alkyl carbamates (subject to hydrolysis) is 1. The molecular formula is C13H18N2O5. The molecule has 0 saturated carbocycles. The summed E-state index contributed by atoms with van der Waals surface area (Å²) in [6.45, 7) is 1.41. The van der Waals surface area contributed by atoms with Gasteiger partial charge in [-0.2, -0.15) is 0 Å². The van der Waals surface area contributed by atoms with Crippen molar-refractivity contribution in [3.63, 3.8) is 0 Å². The van der Waals surface area contributed by atoms with Crippen LogP contribution >= 0.6 is 0 Å². The molecule has 1 aromatic rings. The summed E-state index contributed by atoms with van der Waals surface area (Å²) in [7, 11) is 0. The van der Waals surface area contributed by atoms with Crippen LogP contribution in [0.5, 0.6) is 0 Å². The number of benzene rings is 1. The standard InChI is InChI=1S/C13H18N2O5/c1-9(16)14-7-11(12(17)18)15-13(19)20-8-10-5-3-2-4-6-10/h2-6,9,11,14,16H,7-8H2,1H3,(H,15,19)(H,17,18)/t9-,11?/m1/s1. The van der Waals surface area contributed by atoms with Crippen molar-refractivity contribution >= 4 is 12.1 Å². The SMILES string of the molecule is C[C@@H](O)NCC(NC(=O)OCc1ccccc1)C(=O)O. The molecule has 0 fully saturated rings. The van der Waals surface area contributed by atoms with Crippen LogP contribution < -0.4 is 10.6 Å². The Hall–Kier alpha value is -2.12. The molecule has 0 aromatic heterocycles. The number of nitrogens with one attached hydrogen (secondary N) is 2. The molecule has 0 aliphatic rings. The summed E-state index contributed by atoms with van der Waals surface area (Å²) in [5.74, 6) is -1.21. The monoisotopic (exact) mass is 282 g/mol. The molecule has 1 aromatic carbocycles. The van der Waals surface area contributed by atoms with Crippen molar-refractivity contribution in [3.05, 3.63) is 35.9 Å². The Kier molecular flexibility index (Phi) is 6.48. The van der Waals surface area contributed by atoms with Crippen molar-refractivity contribution in [2.24, 2.45) is 0 Å². The molecule has 1 unspecified atom stereocenters. The summed E-state index contributed by atoms with van der Waals surface area (Å²) in [4.78, 5) is 22.4. The molecule has 4 N–H and O–H groups in total. The van der Waals surface area contributed by atoms with E-state index in [9.17, 15) is 9.59 Å². The number of aliphatic carboxylic acids is 1. The van der Waals surface area contributed by atoms with E-state index in [-0.39, 0.29) is 13.2 Å². The molecule has 0 spiro atoms. The van der Waals surface area contributed by atoms with Gasteiger partial charge in [0.1, 0.15) is 18.9 Å². The minimum Gasteiger partial charge on any atom is -0.480 e. The van der Waals surface area contributed by atoms with Gasteiger partial charge in [0.2, 0.25) is 0 Å². The maximum absolute atomic E-state index is 11.5. The third-order valence-corrected chi connectivity index (χ3v) is 2.42. The third kappa shape index (κ3) is 6.17. The van der Waals surface area contributed by atoms with E-state index in [1.807, 2.05) is 18.2 Å². The first-order chi connectivity index (χ1) is 9.49. The fourth-order valence-electron chi connectivity index (χ4n) is 1.40. The van der Waals surface area contributed by atoms with Crippen LogP contribution in [0.15, 0.2) is 30.3 Å². The van der Waals surface area contributed by atoms with Gasteiger partial charge in [0.05, 0.1) is 0 Å². The second-order valence-electron chi connectivity index (χ2n) is 4.18. The topological polar surface area (TPSA) is 108 Å². The summed E-state index contributed by atoms with van der Waals surface area (Å²) in [6.07, 6.45) is -1.69. The number of hydrogen-bond acceptors (Lipinski definition) is 5. The van der Waals surface area contributed by atoms with Crippen LogP contribution in [-0.2, 0) is 16.1 Å². The number of aliphatic hydroxyl groups excluding tert-OH is 1. The molecule has 0 bridgehead atoms. The Bertz CT molecular complexity index is 436. The molecule has 0 aliphatic heterocycles. The Morgan fingerprint density at radius 1 is 1.30 bits per heavy atom. The molecule has 110 valence electrons. The molecule has 7 heteroatoms. The second-order valence-corrected chi connectivity index (χ2v) is 4.18. The molecule has 0 heterocycles. The molecule has 7 nitrogen and oxygen atoms in total. The van der Waals surface area contributed by atoms with E-state index in [0.29, 0.717) is 0 Å². The summed E-state index contributed by atoms with van der Waals surface area (Å²) < 4.78 is 4.91. The Balaban J connectivity index is 2.40. The van der Waals surface area contributed by atoms with Gasteiger partial charge in [-0.1, -0.05) is 30.3 Å². The number of carboxylic acid groups (broad SMARTS) is 1. The lowest BCUT2D eigenvalue weighted by atomic mass is 10.2. The molecule has 0 saturated heterocycles. The van der Waals surface area contributed by atoms with E-state index >= 15 is 0 Å². The Morgan fingerprint density at radius 2 is 1.95 bits per heavy atom. The summed E-state index contributed by atoms with van der Waals surface area (Å²) in [5, 5.41) is 22.7. The smallest absolute Gasteiger partial charge is 0.408 e. The molecule has 0 aliphatic carbocycles. The van der Waals surface area contributed by atoms with Gasteiger partial charge in [0.25, 0.3) is 0 Å². The minimum atomic E-state index is -1.21. The second kappa shape index (κ2) is 8.13. The highest BCUT2D eigenvalue weighted by Crippen LogP contribution is 2.00. The van der Waals surface area contributed by atoms with Gasteiger partial charge in [-0.25, -0.2) is 9.59 Å². The highest BCUT2D eigenvalue weighted by Gasteiger charge is 2.20. The van der Waals surface area contributed by atoms with Crippen molar-refractivity contribution in [3.8, 4) is 0 Å². The molecule has 1 rings (SSSR count). The molecule has 2 atom stereocenters. The lowest BCUT2D eigenvalue weighted by molar-refractivity contribution is -0.139. The average Bonchev–Trinajstić information content (AvgIpc) is 2.41. The van der Waals surface area contributed by atoms with Crippen molar-refractivity contribution in [2.75, 3.05) is 6.54 Å². The van der Waals surface area contributed by atoms with E-state index < -0.39 is 24.3 Å². The van der Waals surface area contributed by atoms with Gasteiger partial charge in [-0.15, -0.1) is 0 Å². The summed E-state index contributed by atoms with van der Waals surface area (Å²) in [6, 6.07) is 7.86. The van der Waals surface area contributed by atoms with E-state index in [0.717, 1.165) is 5.56 Å². The van der Waals surface area contributed by atoms with Gasteiger partial charge < -0.3 is 20.3 Å². The highest BCUT2D eigenvalue weighted by atomic mass is 16.5. The van der Waals surface area contributed by atoms with Crippen LogP contribution in [0.3, 0.4) is 0 Å². The zero-order chi connectivity index (χ0) is 15.0. The number of ether oxygens (including phenoxy) is 1. The van der Waals surface area contributed by atoms with Crippen LogP contribution in [0, 0.1) is 0 Å². The van der Waals surface area contributed by atoms with Gasteiger partial charge in [0.15, 0.2) is 0 Å². The number of amides is 1. The first kappa shape index (κ1) is 15.9. The predicted molar refractivity (Wildman–Crippen MR) is 70.9 cm³/mol. The molecule has 20 heavy (non-hydrogen) atoms. The Morgan fingerprint density at radius 3 is 2.50 bits per heavy atom. The average molecular weight is 282 g/mol. The minimum absolute atomic E-state index is 0.0584. The van der Waals surface area contributed by atoms with Crippen molar-refractivity contribution < 1.29 is 24.5 Å². The zero-order valence-electron chi connectivity index (χ0n) is 11.1. The summed E-state index contributed by atoms with van der Waals surface area (Å²) >= 11 is 0. The maximum atomic E-state index is 11.5. The van der Waals surface area contributed by atoms with Crippen molar-refractivity contribution in [1.29, 1.82) is 0 Å². The van der Waals surface area contributed by atoms with Crippen LogP contribution in [0.1, 0.15) is 12.5 Å². The van der Waals surface area contributed by atoms with E-state index in [4.69, 9.17) is 14.9 Å². The summed E-state index contributed by atoms with van der Waals surface area (Å²) in [5.41, 5.74) is 0.802. The molecular weight excluding hydrogens is 264 g/mol. The van der Waals surface area contributed by atoms with Crippen LogP contribution in [0.25, 0.3) is 0 Å². The number of hydrogen-bond donors (Lipinski definition) is 4. The van der Waals surface area contributed by atoms with Gasteiger partial charge in [0, 0.05) is 6.54 Å². The van der Waals surface area contributed by atoms with E-state index in [2.05, 4.69) is 10.6 Å². The first-order valence-corrected chi connectivity index (χ1v) is 6.10. The number of carbonyl (C=O) groups is 2. The van der Waals surface area contributed by atoms with Crippen LogP contribution in [0.2, 0.25) is 0 Å². The van der Waals surface area contributed by atoms with Gasteiger partial charge >= 0.3 is 12.1 Å². The predicted octanol–water partition coefficient (Wildman–Crippen LogP) is 0.294. The van der Waals surface area contributed by atoms with Gasteiger partial charge in [-0.3, -0.25) is 5.32 Å². The van der Waals surface area contributed by atoms with Crippen molar-refractivity contribution in [2.45, 2.75) is 25.8 Å². The highest BCUT2D eigenvalue weighted by molar-refractivity contribution is 5.80. The Labute approximate surface area is 116 Å².